The normalized spacial score (nSPS) is 15.3. The molecule has 0 spiro atoms. The Morgan fingerprint density at radius 2 is 2.17 bits per heavy atom. The van der Waals surface area contributed by atoms with Gasteiger partial charge in [0.15, 0.2) is 0 Å². The summed E-state index contributed by atoms with van der Waals surface area (Å²) < 4.78 is 0. The summed E-state index contributed by atoms with van der Waals surface area (Å²) in [5.74, 6) is 0.0423. The number of hydrogen-bond donors (Lipinski definition) is 1. The van der Waals surface area contributed by atoms with Crippen molar-refractivity contribution >= 4 is 5.91 Å². The Morgan fingerprint density at radius 1 is 1.44 bits per heavy atom. The van der Waals surface area contributed by atoms with Gasteiger partial charge in [0.05, 0.1) is 17.0 Å². The fourth-order valence-corrected chi connectivity index (χ4v) is 2.21. The zero-order chi connectivity index (χ0) is 13.1. The Bertz CT molecular complexity index is 443. The summed E-state index contributed by atoms with van der Waals surface area (Å²) in [5, 5.41) is 7.98. The molecule has 0 atom stereocenters. The average molecular weight is 248 g/mol. The van der Waals surface area contributed by atoms with Crippen LogP contribution in [0.4, 0.5) is 0 Å². The minimum absolute atomic E-state index is 0.0423. The first kappa shape index (κ1) is 13.0. The third-order valence-electron chi connectivity index (χ3n) is 3.48. The summed E-state index contributed by atoms with van der Waals surface area (Å²) in [7, 11) is 0. The van der Waals surface area contributed by atoms with Gasteiger partial charge in [-0.25, -0.2) is 0 Å². The highest BCUT2D eigenvalue weighted by atomic mass is 16.2. The van der Waals surface area contributed by atoms with E-state index in [9.17, 15) is 4.79 Å². The van der Waals surface area contributed by atoms with Crippen LogP contribution >= 0.6 is 0 Å². The van der Waals surface area contributed by atoms with Crippen molar-refractivity contribution in [2.24, 2.45) is 5.73 Å². The zero-order valence-electron chi connectivity index (χ0n) is 11.0. The number of aromatic nitrogens is 2. The van der Waals surface area contributed by atoms with E-state index in [0.29, 0.717) is 30.4 Å². The molecule has 2 N–H and O–H groups in total. The van der Waals surface area contributed by atoms with E-state index in [1.807, 2.05) is 24.8 Å². The second kappa shape index (κ2) is 5.44. The lowest BCUT2D eigenvalue weighted by molar-refractivity contribution is 0.0587. The highest BCUT2D eigenvalue weighted by Gasteiger charge is 2.29. The maximum Gasteiger partial charge on any atom is 0.256 e. The van der Waals surface area contributed by atoms with Crippen LogP contribution in [-0.2, 0) is 0 Å². The average Bonchev–Trinajstić information content (AvgIpc) is 2.28. The van der Waals surface area contributed by atoms with E-state index in [2.05, 4.69) is 10.2 Å². The Kier molecular flexibility index (Phi) is 3.91. The van der Waals surface area contributed by atoms with Crippen molar-refractivity contribution in [2.75, 3.05) is 13.1 Å². The summed E-state index contributed by atoms with van der Waals surface area (Å²) in [6, 6.07) is 2.17. The van der Waals surface area contributed by atoms with E-state index in [1.54, 1.807) is 0 Å². The lowest BCUT2D eigenvalue weighted by atomic mass is 9.91. The van der Waals surface area contributed by atoms with Crippen molar-refractivity contribution < 1.29 is 4.79 Å². The van der Waals surface area contributed by atoms with E-state index < -0.39 is 0 Å². The second-order valence-electron chi connectivity index (χ2n) is 4.86. The molecule has 5 nitrogen and oxygen atoms in total. The number of rotatable bonds is 4. The van der Waals surface area contributed by atoms with E-state index in [-0.39, 0.29) is 5.91 Å². The molecule has 0 aromatic carbocycles. The van der Waals surface area contributed by atoms with Crippen LogP contribution in [0.3, 0.4) is 0 Å². The molecule has 0 bridgehead atoms. The van der Waals surface area contributed by atoms with Crippen molar-refractivity contribution in [3.63, 3.8) is 0 Å². The lowest BCUT2D eigenvalue weighted by Crippen LogP contribution is -2.46. The standard InChI is InChI=1S/C13H20N4O/c1-9-8-12(10(2)16-15-9)13(18)17(7-6-14)11-4-3-5-11/h8,11H,3-7,14H2,1-2H3. The number of aryl methyl sites for hydroxylation is 2. The number of carbonyl (C=O) groups is 1. The molecule has 0 saturated heterocycles. The van der Waals surface area contributed by atoms with Gasteiger partial charge in [-0.2, -0.15) is 10.2 Å². The van der Waals surface area contributed by atoms with Crippen molar-refractivity contribution in [3.05, 3.63) is 23.0 Å². The summed E-state index contributed by atoms with van der Waals surface area (Å²) in [6.45, 7) is 4.78. The third kappa shape index (κ3) is 2.51. The molecule has 5 heteroatoms. The molecule has 0 aliphatic heterocycles. The van der Waals surface area contributed by atoms with Gasteiger partial charge in [0.25, 0.3) is 5.91 Å². The van der Waals surface area contributed by atoms with Crippen LogP contribution in [0.15, 0.2) is 6.07 Å². The molecule has 0 radical (unpaired) electrons. The molecule has 18 heavy (non-hydrogen) atoms. The molecule has 1 aromatic rings. The van der Waals surface area contributed by atoms with Crippen molar-refractivity contribution in [1.82, 2.24) is 15.1 Å². The SMILES string of the molecule is Cc1cc(C(=O)N(CCN)C2CCC2)c(C)nn1. The fourth-order valence-electron chi connectivity index (χ4n) is 2.21. The Hall–Kier alpha value is -1.49. The molecule has 1 heterocycles. The van der Waals surface area contributed by atoms with Crippen molar-refractivity contribution in [2.45, 2.75) is 39.2 Å². The van der Waals surface area contributed by atoms with Crippen LogP contribution in [0.25, 0.3) is 0 Å². The molecular formula is C13H20N4O. The molecular weight excluding hydrogens is 228 g/mol. The number of carbonyl (C=O) groups excluding carboxylic acids is 1. The predicted octanol–water partition coefficient (Wildman–Crippen LogP) is 1.05. The zero-order valence-corrected chi connectivity index (χ0v) is 11.0. The smallest absolute Gasteiger partial charge is 0.256 e. The van der Waals surface area contributed by atoms with Gasteiger partial charge in [-0.05, 0) is 39.2 Å². The lowest BCUT2D eigenvalue weighted by Gasteiger charge is -2.37. The Balaban J connectivity index is 2.23. The van der Waals surface area contributed by atoms with Gasteiger partial charge in [0, 0.05) is 19.1 Å². The van der Waals surface area contributed by atoms with E-state index in [1.165, 1.54) is 6.42 Å². The monoisotopic (exact) mass is 248 g/mol. The van der Waals surface area contributed by atoms with E-state index in [0.717, 1.165) is 18.5 Å². The molecule has 1 aromatic heterocycles. The van der Waals surface area contributed by atoms with Crippen molar-refractivity contribution in [1.29, 1.82) is 0 Å². The van der Waals surface area contributed by atoms with Gasteiger partial charge in [0.1, 0.15) is 0 Å². The molecule has 98 valence electrons. The topological polar surface area (TPSA) is 72.1 Å². The fraction of sp³-hybridized carbons (Fsp3) is 0.615. The summed E-state index contributed by atoms with van der Waals surface area (Å²) in [4.78, 5) is 14.4. The molecule has 0 unspecified atom stereocenters. The second-order valence-corrected chi connectivity index (χ2v) is 4.86. The largest absolute Gasteiger partial charge is 0.334 e. The summed E-state index contributed by atoms with van der Waals surface area (Å²) >= 11 is 0. The van der Waals surface area contributed by atoms with Gasteiger partial charge in [-0.15, -0.1) is 0 Å². The minimum atomic E-state index is 0.0423. The van der Waals surface area contributed by atoms with Crippen LogP contribution in [0.1, 0.15) is 41.0 Å². The van der Waals surface area contributed by atoms with Crippen LogP contribution in [0.2, 0.25) is 0 Å². The van der Waals surface area contributed by atoms with Crippen molar-refractivity contribution in [3.8, 4) is 0 Å². The van der Waals surface area contributed by atoms with Crippen LogP contribution < -0.4 is 5.73 Å². The molecule has 1 saturated carbocycles. The summed E-state index contributed by atoms with van der Waals surface area (Å²) in [5.41, 5.74) is 7.72. The molecule has 1 amide bonds. The van der Waals surface area contributed by atoms with Gasteiger partial charge in [-0.3, -0.25) is 4.79 Å². The predicted molar refractivity (Wildman–Crippen MR) is 69.2 cm³/mol. The first-order valence-electron chi connectivity index (χ1n) is 6.45. The molecule has 1 aliphatic rings. The van der Waals surface area contributed by atoms with Crippen LogP contribution in [0.5, 0.6) is 0 Å². The summed E-state index contributed by atoms with van der Waals surface area (Å²) in [6.07, 6.45) is 3.37. The van der Waals surface area contributed by atoms with Gasteiger partial charge >= 0.3 is 0 Å². The third-order valence-corrected chi connectivity index (χ3v) is 3.48. The number of amides is 1. The van der Waals surface area contributed by atoms with Crippen LogP contribution in [-0.4, -0.2) is 40.1 Å². The maximum absolute atomic E-state index is 12.5. The number of hydrogen-bond acceptors (Lipinski definition) is 4. The molecule has 1 fully saturated rings. The van der Waals surface area contributed by atoms with Gasteiger partial charge < -0.3 is 10.6 Å². The number of nitrogens with two attached hydrogens (primary N) is 1. The van der Waals surface area contributed by atoms with E-state index >= 15 is 0 Å². The van der Waals surface area contributed by atoms with E-state index in [4.69, 9.17) is 5.73 Å². The molecule has 2 rings (SSSR count). The highest BCUT2D eigenvalue weighted by Crippen LogP contribution is 2.26. The Labute approximate surface area is 107 Å². The first-order valence-corrected chi connectivity index (χ1v) is 6.45. The number of nitrogens with zero attached hydrogens (tertiary/aromatic N) is 3. The maximum atomic E-state index is 12.5. The minimum Gasteiger partial charge on any atom is -0.334 e. The Morgan fingerprint density at radius 3 is 2.72 bits per heavy atom. The first-order chi connectivity index (χ1) is 8.63. The van der Waals surface area contributed by atoms with Gasteiger partial charge in [0.2, 0.25) is 0 Å². The molecule has 1 aliphatic carbocycles. The quantitative estimate of drug-likeness (QED) is 0.864. The van der Waals surface area contributed by atoms with Crippen LogP contribution in [0, 0.1) is 13.8 Å². The highest BCUT2D eigenvalue weighted by molar-refractivity contribution is 5.95. The van der Waals surface area contributed by atoms with Gasteiger partial charge in [-0.1, -0.05) is 0 Å².